The minimum atomic E-state index is 0.162. The summed E-state index contributed by atoms with van der Waals surface area (Å²) < 4.78 is 5.76. The predicted molar refractivity (Wildman–Crippen MR) is 82.7 cm³/mol. The Bertz CT molecular complexity index is 368. The number of hydrogen-bond acceptors (Lipinski definition) is 2. The molecule has 0 spiro atoms. The summed E-state index contributed by atoms with van der Waals surface area (Å²) >= 11 is 0. The van der Waals surface area contributed by atoms with Gasteiger partial charge in [0.05, 0.1) is 12.6 Å². The van der Waals surface area contributed by atoms with Crippen molar-refractivity contribution in [1.82, 2.24) is 5.32 Å². The number of hydrogen-bond donors (Lipinski definition) is 1. The molecule has 0 radical (unpaired) electrons. The first-order valence-corrected chi connectivity index (χ1v) is 7.41. The van der Waals surface area contributed by atoms with E-state index in [0.29, 0.717) is 0 Å². The number of benzene rings is 1. The summed E-state index contributed by atoms with van der Waals surface area (Å²) in [5.74, 6) is 0. The molecule has 0 aliphatic rings. The summed E-state index contributed by atoms with van der Waals surface area (Å²) in [4.78, 5) is 0. The zero-order valence-corrected chi connectivity index (χ0v) is 13.1. The number of nitrogens with one attached hydrogen (secondary N) is 1. The van der Waals surface area contributed by atoms with Crippen LogP contribution in [0.4, 0.5) is 0 Å². The van der Waals surface area contributed by atoms with Gasteiger partial charge >= 0.3 is 0 Å². The van der Waals surface area contributed by atoms with Crippen LogP contribution in [0.25, 0.3) is 0 Å². The highest BCUT2D eigenvalue weighted by Crippen LogP contribution is 2.29. The standard InChI is InChI=1S/C17H29NO/c1-6-12-19-13-16(18-7-2)14-10-8-9-11-15(14)17(3,4)5/h8-11,16,18H,6-7,12-13H2,1-5H3. The summed E-state index contributed by atoms with van der Waals surface area (Å²) in [7, 11) is 0. The van der Waals surface area contributed by atoms with E-state index < -0.39 is 0 Å². The molecule has 0 bridgehead atoms. The highest BCUT2D eigenvalue weighted by atomic mass is 16.5. The van der Waals surface area contributed by atoms with Gasteiger partial charge in [0.15, 0.2) is 0 Å². The van der Waals surface area contributed by atoms with E-state index in [-0.39, 0.29) is 11.5 Å². The highest BCUT2D eigenvalue weighted by Gasteiger charge is 2.22. The Kier molecular flexibility index (Phi) is 6.53. The van der Waals surface area contributed by atoms with E-state index in [0.717, 1.165) is 26.2 Å². The lowest BCUT2D eigenvalue weighted by Gasteiger charge is -2.28. The van der Waals surface area contributed by atoms with Gasteiger partial charge in [-0.1, -0.05) is 58.9 Å². The van der Waals surface area contributed by atoms with Gasteiger partial charge in [0.25, 0.3) is 0 Å². The van der Waals surface area contributed by atoms with Gasteiger partial charge in [-0.3, -0.25) is 0 Å². The van der Waals surface area contributed by atoms with Crippen LogP contribution in [0.1, 0.15) is 58.2 Å². The first kappa shape index (κ1) is 16.2. The molecule has 0 aliphatic carbocycles. The molecule has 1 N–H and O–H groups in total. The summed E-state index contributed by atoms with van der Waals surface area (Å²) in [6, 6.07) is 8.99. The SMILES string of the molecule is CCCOCC(NCC)c1ccccc1C(C)(C)C. The molecule has 1 aromatic rings. The first-order chi connectivity index (χ1) is 9.00. The molecular formula is C17H29NO. The van der Waals surface area contributed by atoms with Gasteiger partial charge in [0.2, 0.25) is 0 Å². The van der Waals surface area contributed by atoms with Crippen LogP contribution in [0, 0.1) is 0 Å². The lowest BCUT2D eigenvalue weighted by Crippen LogP contribution is -2.28. The summed E-state index contributed by atoms with van der Waals surface area (Å²) in [5.41, 5.74) is 2.93. The molecule has 1 unspecified atom stereocenters. The van der Waals surface area contributed by atoms with Crippen molar-refractivity contribution in [2.75, 3.05) is 19.8 Å². The van der Waals surface area contributed by atoms with Crippen LogP contribution in [0.2, 0.25) is 0 Å². The second kappa shape index (κ2) is 7.66. The highest BCUT2D eigenvalue weighted by molar-refractivity contribution is 5.35. The van der Waals surface area contributed by atoms with Gasteiger partial charge in [-0.05, 0) is 29.5 Å². The zero-order chi connectivity index (χ0) is 14.3. The van der Waals surface area contributed by atoms with Crippen molar-refractivity contribution >= 4 is 0 Å². The monoisotopic (exact) mass is 263 g/mol. The molecule has 108 valence electrons. The molecule has 0 fully saturated rings. The molecule has 0 heterocycles. The Hall–Kier alpha value is -0.860. The third kappa shape index (κ3) is 4.96. The lowest BCUT2D eigenvalue weighted by atomic mass is 9.82. The molecule has 2 heteroatoms. The Morgan fingerprint density at radius 1 is 1.16 bits per heavy atom. The predicted octanol–water partition coefficient (Wildman–Crippen LogP) is 4.06. The third-order valence-electron chi connectivity index (χ3n) is 3.23. The molecule has 0 aliphatic heterocycles. The van der Waals surface area contributed by atoms with E-state index in [1.165, 1.54) is 11.1 Å². The smallest absolute Gasteiger partial charge is 0.0661 e. The molecule has 2 nitrogen and oxygen atoms in total. The normalized spacial score (nSPS) is 13.5. The van der Waals surface area contributed by atoms with Crippen LogP contribution in [-0.2, 0) is 10.2 Å². The molecular weight excluding hydrogens is 234 g/mol. The van der Waals surface area contributed by atoms with Crippen molar-refractivity contribution in [1.29, 1.82) is 0 Å². The van der Waals surface area contributed by atoms with E-state index in [2.05, 4.69) is 64.2 Å². The van der Waals surface area contributed by atoms with Gasteiger partial charge in [0.1, 0.15) is 0 Å². The van der Waals surface area contributed by atoms with Gasteiger partial charge in [-0.25, -0.2) is 0 Å². The molecule has 1 rings (SSSR count). The maximum atomic E-state index is 5.76. The van der Waals surface area contributed by atoms with Crippen LogP contribution < -0.4 is 5.32 Å². The molecule has 19 heavy (non-hydrogen) atoms. The van der Waals surface area contributed by atoms with Gasteiger partial charge < -0.3 is 10.1 Å². The Labute approximate surface area is 118 Å². The fourth-order valence-electron chi connectivity index (χ4n) is 2.33. The fraction of sp³-hybridized carbons (Fsp3) is 0.647. The maximum absolute atomic E-state index is 5.76. The van der Waals surface area contributed by atoms with Crippen molar-refractivity contribution in [3.05, 3.63) is 35.4 Å². The second-order valence-corrected chi connectivity index (χ2v) is 6.02. The summed E-state index contributed by atoms with van der Waals surface area (Å²) in [6.07, 6.45) is 1.07. The van der Waals surface area contributed by atoms with E-state index in [1.54, 1.807) is 0 Å². The van der Waals surface area contributed by atoms with Crippen molar-refractivity contribution in [2.24, 2.45) is 0 Å². The fourth-order valence-corrected chi connectivity index (χ4v) is 2.33. The third-order valence-corrected chi connectivity index (χ3v) is 3.23. The van der Waals surface area contributed by atoms with Gasteiger partial charge in [-0.2, -0.15) is 0 Å². The second-order valence-electron chi connectivity index (χ2n) is 6.02. The number of rotatable bonds is 7. The topological polar surface area (TPSA) is 21.3 Å². The molecule has 0 saturated carbocycles. The molecule has 0 saturated heterocycles. The minimum absolute atomic E-state index is 0.162. The molecule has 1 aromatic carbocycles. The molecule has 0 amide bonds. The lowest BCUT2D eigenvalue weighted by molar-refractivity contribution is 0.112. The van der Waals surface area contributed by atoms with Crippen molar-refractivity contribution < 1.29 is 4.74 Å². The van der Waals surface area contributed by atoms with Gasteiger partial charge in [0, 0.05) is 6.61 Å². The van der Waals surface area contributed by atoms with Crippen molar-refractivity contribution in [2.45, 2.75) is 52.5 Å². The summed E-state index contributed by atoms with van der Waals surface area (Å²) in [6.45, 7) is 13.6. The van der Waals surface area contributed by atoms with Crippen LogP contribution >= 0.6 is 0 Å². The van der Waals surface area contributed by atoms with Crippen LogP contribution in [0.15, 0.2) is 24.3 Å². The Balaban J connectivity index is 2.95. The first-order valence-electron chi connectivity index (χ1n) is 7.41. The van der Waals surface area contributed by atoms with Crippen LogP contribution in [0.3, 0.4) is 0 Å². The molecule has 1 atom stereocenters. The van der Waals surface area contributed by atoms with Crippen LogP contribution in [-0.4, -0.2) is 19.8 Å². The Morgan fingerprint density at radius 3 is 2.42 bits per heavy atom. The van der Waals surface area contributed by atoms with E-state index in [1.807, 2.05) is 0 Å². The summed E-state index contributed by atoms with van der Waals surface area (Å²) in [5, 5.41) is 3.55. The molecule has 0 aromatic heterocycles. The Morgan fingerprint density at radius 2 is 1.84 bits per heavy atom. The zero-order valence-electron chi connectivity index (χ0n) is 13.1. The maximum Gasteiger partial charge on any atom is 0.0661 e. The van der Waals surface area contributed by atoms with Crippen LogP contribution in [0.5, 0.6) is 0 Å². The quantitative estimate of drug-likeness (QED) is 0.749. The van der Waals surface area contributed by atoms with E-state index in [9.17, 15) is 0 Å². The number of ether oxygens (including phenoxy) is 1. The van der Waals surface area contributed by atoms with Crippen molar-refractivity contribution in [3.8, 4) is 0 Å². The van der Waals surface area contributed by atoms with Gasteiger partial charge in [-0.15, -0.1) is 0 Å². The minimum Gasteiger partial charge on any atom is -0.379 e. The average molecular weight is 263 g/mol. The van der Waals surface area contributed by atoms with Crippen molar-refractivity contribution in [3.63, 3.8) is 0 Å². The average Bonchev–Trinajstić information content (AvgIpc) is 2.37. The van der Waals surface area contributed by atoms with E-state index in [4.69, 9.17) is 4.74 Å². The number of likely N-dealkylation sites (N-methyl/N-ethyl adjacent to an activating group) is 1. The van der Waals surface area contributed by atoms with E-state index >= 15 is 0 Å². The largest absolute Gasteiger partial charge is 0.379 e.